The number of carboxylic acid groups (broad SMARTS) is 1. The summed E-state index contributed by atoms with van der Waals surface area (Å²) in [6.07, 6.45) is 2.97. The van der Waals surface area contributed by atoms with Crippen LogP contribution in [-0.2, 0) is 19.1 Å². The number of rotatable bonds is 5. The van der Waals surface area contributed by atoms with Gasteiger partial charge in [-0.15, -0.1) is 0 Å². The molecule has 1 aliphatic heterocycles. The standard InChI is InChI=1S/C11H17NO5/c1-2-3-4-8(11(14)15)12-10(13)9-7-16-5-6-17-9/h2-3,8-9H,4-7H2,1H3,(H,12,13)(H,14,15)/b3-2+. The molecule has 96 valence electrons. The van der Waals surface area contributed by atoms with Gasteiger partial charge in [0.15, 0.2) is 6.10 Å². The van der Waals surface area contributed by atoms with Crippen LogP contribution in [0, 0.1) is 0 Å². The molecule has 1 heterocycles. The minimum Gasteiger partial charge on any atom is -0.480 e. The third-order valence-electron chi connectivity index (χ3n) is 2.33. The van der Waals surface area contributed by atoms with Crippen molar-refractivity contribution in [3.63, 3.8) is 0 Å². The van der Waals surface area contributed by atoms with Gasteiger partial charge >= 0.3 is 5.97 Å². The van der Waals surface area contributed by atoms with Gasteiger partial charge in [-0.1, -0.05) is 12.2 Å². The van der Waals surface area contributed by atoms with Crippen LogP contribution < -0.4 is 5.32 Å². The number of carboxylic acids is 1. The van der Waals surface area contributed by atoms with Crippen LogP contribution in [0.4, 0.5) is 0 Å². The summed E-state index contributed by atoms with van der Waals surface area (Å²) in [5.74, 6) is -1.50. The van der Waals surface area contributed by atoms with E-state index in [1.807, 2.05) is 0 Å². The summed E-state index contributed by atoms with van der Waals surface area (Å²) >= 11 is 0. The average molecular weight is 243 g/mol. The molecular weight excluding hydrogens is 226 g/mol. The third kappa shape index (κ3) is 4.54. The van der Waals surface area contributed by atoms with Crippen LogP contribution in [0.3, 0.4) is 0 Å². The molecule has 2 atom stereocenters. The summed E-state index contributed by atoms with van der Waals surface area (Å²) in [6, 6.07) is -0.927. The van der Waals surface area contributed by atoms with E-state index < -0.39 is 24.0 Å². The lowest BCUT2D eigenvalue weighted by Crippen LogP contribution is -2.49. The molecule has 6 heteroatoms. The van der Waals surface area contributed by atoms with Crippen LogP contribution in [0.25, 0.3) is 0 Å². The highest BCUT2D eigenvalue weighted by Gasteiger charge is 2.26. The number of hydrogen-bond acceptors (Lipinski definition) is 4. The fraction of sp³-hybridized carbons (Fsp3) is 0.636. The average Bonchev–Trinajstić information content (AvgIpc) is 2.35. The van der Waals surface area contributed by atoms with E-state index in [1.165, 1.54) is 0 Å². The topological polar surface area (TPSA) is 84.9 Å². The van der Waals surface area contributed by atoms with Gasteiger partial charge in [0.1, 0.15) is 6.04 Å². The van der Waals surface area contributed by atoms with Gasteiger partial charge in [0.2, 0.25) is 0 Å². The Hall–Kier alpha value is -1.40. The van der Waals surface area contributed by atoms with Gasteiger partial charge in [0.25, 0.3) is 5.91 Å². The van der Waals surface area contributed by atoms with E-state index in [2.05, 4.69) is 5.32 Å². The molecule has 1 amide bonds. The lowest BCUT2D eigenvalue weighted by Gasteiger charge is -2.23. The number of aliphatic carboxylic acids is 1. The van der Waals surface area contributed by atoms with Crippen molar-refractivity contribution in [1.82, 2.24) is 5.32 Å². The quantitative estimate of drug-likeness (QED) is 0.661. The van der Waals surface area contributed by atoms with Gasteiger partial charge in [-0.2, -0.15) is 0 Å². The van der Waals surface area contributed by atoms with Crippen molar-refractivity contribution in [1.29, 1.82) is 0 Å². The Morgan fingerprint density at radius 1 is 1.53 bits per heavy atom. The monoisotopic (exact) mass is 243 g/mol. The number of carbonyl (C=O) groups is 2. The summed E-state index contributed by atoms with van der Waals surface area (Å²) in [5, 5.41) is 11.4. The van der Waals surface area contributed by atoms with Gasteiger partial charge in [-0.3, -0.25) is 4.79 Å². The number of carbonyl (C=O) groups excluding carboxylic acids is 1. The van der Waals surface area contributed by atoms with Crippen molar-refractivity contribution in [2.75, 3.05) is 19.8 Å². The van der Waals surface area contributed by atoms with E-state index in [4.69, 9.17) is 14.6 Å². The maximum atomic E-state index is 11.7. The summed E-state index contributed by atoms with van der Waals surface area (Å²) in [4.78, 5) is 22.6. The normalized spacial score (nSPS) is 22.3. The van der Waals surface area contributed by atoms with E-state index >= 15 is 0 Å². The van der Waals surface area contributed by atoms with Crippen LogP contribution >= 0.6 is 0 Å². The zero-order chi connectivity index (χ0) is 12.7. The first-order valence-electron chi connectivity index (χ1n) is 5.49. The molecule has 1 saturated heterocycles. The van der Waals surface area contributed by atoms with Gasteiger partial charge < -0.3 is 19.9 Å². The molecular formula is C11H17NO5. The van der Waals surface area contributed by atoms with Gasteiger partial charge in [-0.05, 0) is 13.3 Å². The fourth-order valence-electron chi connectivity index (χ4n) is 1.40. The Morgan fingerprint density at radius 2 is 2.29 bits per heavy atom. The van der Waals surface area contributed by atoms with Crippen molar-refractivity contribution < 1.29 is 24.2 Å². The summed E-state index contributed by atoms with van der Waals surface area (Å²) in [5.41, 5.74) is 0. The van der Waals surface area contributed by atoms with Crippen molar-refractivity contribution in [3.05, 3.63) is 12.2 Å². The van der Waals surface area contributed by atoms with Crippen LogP contribution in [0.5, 0.6) is 0 Å². The Balaban J connectivity index is 2.47. The predicted octanol–water partition coefficient (Wildman–Crippen LogP) is -0.0626. The molecule has 0 aromatic heterocycles. The lowest BCUT2D eigenvalue weighted by molar-refractivity contribution is -0.152. The number of nitrogens with one attached hydrogen (secondary N) is 1. The van der Waals surface area contributed by atoms with Crippen molar-refractivity contribution in [3.8, 4) is 0 Å². The Morgan fingerprint density at radius 3 is 2.82 bits per heavy atom. The number of hydrogen-bond donors (Lipinski definition) is 2. The molecule has 2 unspecified atom stereocenters. The first-order chi connectivity index (χ1) is 8.15. The molecule has 0 radical (unpaired) electrons. The molecule has 0 aliphatic carbocycles. The van der Waals surface area contributed by atoms with E-state index in [-0.39, 0.29) is 13.0 Å². The smallest absolute Gasteiger partial charge is 0.326 e. The molecule has 1 fully saturated rings. The highest BCUT2D eigenvalue weighted by atomic mass is 16.6. The third-order valence-corrected chi connectivity index (χ3v) is 2.33. The molecule has 1 aliphatic rings. The molecule has 2 N–H and O–H groups in total. The number of allylic oxidation sites excluding steroid dienone is 1. The molecule has 6 nitrogen and oxygen atoms in total. The first-order valence-corrected chi connectivity index (χ1v) is 5.49. The summed E-state index contributed by atoms with van der Waals surface area (Å²) < 4.78 is 10.3. The largest absolute Gasteiger partial charge is 0.480 e. The Kier molecular flexibility index (Phi) is 5.65. The van der Waals surface area contributed by atoms with Gasteiger partial charge in [0.05, 0.1) is 19.8 Å². The minimum atomic E-state index is -1.06. The lowest BCUT2D eigenvalue weighted by atomic mass is 10.2. The fourth-order valence-corrected chi connectivity index (χ4v) is 1.40. The van der Waals surface area contributed by atoms with Crippen molar-refractivity contribution in [2.24, 2.45) is 0 Å². The maximum absolute atomic E-state index is 11.7. The molecule has 17 heavy (non-hydrogen) atoms. The zero-order valence-electron chi connectivity index (χ0n) is 9.72. The summed E-state index contributed by atoms with van der Waals surface area (Å²) in [7, 11) is 0. The molecule has 0 spiro atoms. The minimum absolute atomic E-state index is 0.168. The second-order valence-corrected chi connectivity index (χ2v) is 3.64. The van der Waals surface area contributed by atoms with Crippen LogP contribution in [0.15, 0.2) is 12.2 Å². The number of ether oxygens (including phenoxy) is 2. The maximum Gasteiger partial charge on any atom is 0.326 e. The molecule has 0 bridgehead atoms. The van der Waals surface area contributed by atoms with E-state index in [0.717, 1.165) is 0 Å². The van der Waals surface area contributed by atoms with Crippen molar-refractivity contribution in [2.45, 2.75) is 25.5 Å². The molecule has 1 rings (SSSR count). The van der Waals surface area contributed by atoms with Crippen LogP contribution in [0.2, 0.25) is 0 Å². The van der Waals surface area contributed by atoms with E-state index in [1.54, 1.807) is 19.1 Å². The Labute approximate surface area is 99.6 Å². The number of amides is 1. The second-order valence-electron chi connectivity index (χ2n) is 3.64. The highest BCUT2D eigenvalue weighted by Crippen LogP contribution is 2.03. The highest BCUT2D eigenvalue weighted by molar-refractivity contribution is 5.86. The van der Waals surface area contributed by atoms with E-state index in [0.29, 0.717) is 13.2 Å². The molecule has 0 aromatic rings. The van der Waals surface area contributed by atoms with Crippen LogP contribution in [-0.4, -0.2) is 48.9 Å². The zero-order valence-corrected chi connectivity index (χ0v) is 9.72. The predicted molar refractivity (Wildman–Crippen MR) is 59.6 cm³/mol. The SMILES string of the molecule is C/C=C/CC(NC(=O)C1COCCO1)C(=O)O. The Bertz CT molecular complexity index is 296. The summed E-state index contributed by atoms with van der Waals surface area (Å²) in [6.45, 7) is 2.77. The second kappa shape index (κ2) is 7.03. The molecule has 0 aromatic carbocycles. The van der Waals surface area contributed by atoms with Gasteiger partial charge in [-0.25, -0.2) is 4.79 Å². The van der Waals surface area contributed by atoms with Gasteiger partial charge in [0, 0.05) is 0 Å². The van der Waals surface area contributed by atoms with Crippen molar-refractivity contribution >= 4 is 11.9 Å². The van der Waals surface area contributed by atoms with E-state index in [9.17, 15) is 9.59 Å². The van der Waals surface area contributed by atoms with Crippen LogP contribution in [0.1, 0.15) is 13.3 Å². The molecule has 0 saturated carbocycles. The first kappa shape index (κ1) is 13.7.